The highest BCUT2D eigenvalue weighted by Gasteiger charge is 2.28. The smallest absolute Gasteiger partial charge is 0.141 e. The van der Waals surface area contributed by atoms with Crippen molar-refractivity contribution >= 4 is 5.69 Å². The molecule has 2 aliphatic heterocycles. The predicted molar refractivity (Wildman–Crippen MR) is 59.8 cm³/mol. The number of benzene rings is 1. The number of rotatable bonds is 0. The summed E-state index contributed by atoms with van der Waals surface area (Å²) in [5.74, 6) is 0.302. The molecule has 2 aliphatic rings. The average Bonchev–Trinajstić information content (AvgIpc) is 2.29. The maximum absolute atomic E-state index is 13.5. The molecule has 1 aromatic rings. The summed E-state index contributed by atoms with van der Waals surface area (Å²) in [5.41, 5.74) is 2.32. The van der Waals surface area contributed by atoms with Crippen LogP contribution in [0.2, 0.25) is 0 Å². The SMILES string of the molecule is N#Cc1cc2c(cc1F)CC1CCCN2C1. The Bertz CT molecular complexity index is 476. The monoisotopic (exact) mass is 216 g/mol. The van der Waals surface area contributed by atoms with Crippen LogP contribution >= 0.6 is 0 Å². The van der Waals surface area contributed by atoms with Crippen molar-refractivity contribution in [3.05, 3.63) is 29.1 Å². The van der Waals surface area contributed by atoms with Crippen LogP contribution in [0.1, 0.15) is 24.0 Å². The van der Waals surface area contributed by atoms with Gasteiger partial charge in [-0.1, -0.05) is 0 Å². The molecule has 2 nitrogen and oxygen atoms in total. The summed E-state index contributed by atoms with van der Waals surface area (Å²) < 4.78 is 13.5. The van der Waals surface area contributed by atoms with Gasteiger partial charge in [-0.2, -0.15) is 5.26 Å². The highest BCUT2D eigenvalue weighted by atomic mass is 19.1. The zero-order chi connectivity index (χ0) is 11.1. The molecule has 0 spiro atoms. The topological polar surface area (TPSA) is 27.0 Å². The fourth-order valence-electron chi connectivity index (χ4n) is 2.91. The van der Waals surface area contributed by atoms with Crippen molar-refractivity contribution in [2.24, 2.45) is 5.92 Å². The van der Waals surface area contributed by atoms with E-state index in [1.807, 2.05) is 6.07 Å². The third kappa shape index (κ3) is 1.37. The lowest BCUT2D eigenvalue weighted by atomic mass is 9.85. The number of nitriles is 1. The molecule has 82 valence electrons. The van der Waals surface area contributed by atoms with Gasteiger partial charge in [-0.05, 0) is 42.9 Å². The minimum absolute atomic E-state index is 0.169. The van der Waals surface area contributed by atoms with Crippen LogP contribution in [0.4, 0.5) is 10.1 Å². The Morgan fingerprint density at radius 2 is 2.31 bits per heavy atom. The number of fused-ring (bicyclic) bond motifs is 4. The van der Waals surface area contributed by atoms with Gasteiger partial charge in [0.25, 0.3) is 0 Å². The van der Waals surface area contributed by atoms with Crippen molar-refractivity contribution in [3.63, 3.8) is 0 Å². The van der Waals surface area contributed by atoms with Gasteiger partial charge >= 0.3 is 0 Å². The molecule has 1 fully saturated rings. The second-order valence-corrected chi connectivity index (χ2v) is 4.73. The van der Waals surface area contributed by atoms with Gasteiger partial charge in [-0.25, -0.2) is 4.39 Å². The Kier molecular flexibility index (Phi) is 2.10. The molecule has 1 aromatic carbocycles. The van der Waals surface area contributed by atoms with Crippen LogP contribution in [0.15, 0.2) is 12.1 Å². The van der Waals surface area contributed by atoms with E-state index in [0.29, 0.717) is 5.92 Å². The number of piperidine rings is 1. The first-order valence-corrected chi connectivity index (χ1v) is 5.75. The molecule has 3 rings (SSSR count). The van der Waals surface area contributed by atoms with Gasteiger partial charge in [0.1, 0.15) is 11.9 Å². The molecule has 2 heterocycles. The van der Waals surface area contributed by atoms with E-state index in [4.69, 9.17) is 5.26 Å². The molecular formula is C13H13FN2. The molecular weight excluding hydrogens is 203 g/mol. The Labute approximate surface area is 94.3 Å². The molecule has 1 saturated heterocycles. The van der Waals surface area contributed by atoms with Crippen LogP contribution in [0.3, 0.4) is 0 Å². The highest BCUT2D eigenvalue weighted by molar-refractivity contribution is 5.60. The Morgan fingerprint density at radius 1 is 1.44 bits per heavy atom. The van der Waals surface area contributed by atoms with Crippen LogP contribution in [0, 0.1) is 23.1 Å². The van der Waals surface area contributed by atoms with Gasteiger partial charge in [0.15, 0.2) is 0 Å². The standard InChI is InChI=1S/C13H13FN2/c14-12-5-10-4-9-2-1-3-16(8-9)13(10)6-11(12)7-15/h5-6,9H,1-4,8H2. The van der Waals surface area contributed by atoms with Crippen molar-refractivity contribution in [2.45, 2.75) is 19.3 Å². The van der Waals surface area contributed by atoms with E-state index in [2.05, 4.69) is 4.90 Å². The first-order valence-electron chi connectivity index (χ1n) is 5.75. The lowest BCUT2D eigenvalue weighted by Crippen LogP contribution is -2.40. The average molecular weight is 216 g/mol. The molecule has 0 radical (unpaired) electrons. The molecule has 3 heteroatoms. The molecule has 0 N–H and O–H groups in total. The second-order valence-electron chi connectivity index (χ2n) is 4.73. The fourth-order valence-corrected chi connectivity index (χ4v) is 2.91. The molecule has 1 atom stereocenters. The van der Waals surface area contributed by atoms with Gasteiger partial charge in [0.2, 0.25) is 0 Å². The Balaban J connectivity index is 2.11. The number of hydrogen-bond donors (Lipinski definition) is 0. The number of anilines is 1. The van der Waals surface area contributed by atoms with Crippen LogP contribution < -0.4 is 4.90 Å². The highest BCUT2D eigenvalue weighted by Crippen LogP contribution is 2.36. The lowest BCUT2D eigenvalue weighted by Gasteiger charge is -2.40. The third-order valence-electron chi connectivity index (χ3n) is 3.66. The van der Waals surface area contributed by atoms with Gasteiger partial charge in [-0.3, -0.25) is 0 Å². The molecule has 16 heavy (non-hydrogen) atoms. The summed E-state index contributed by atoms with van der Waals surface area (Å²) in [4.78, 5) is 2.30. The normalized spacial score (nSPS) is 22.5. The van der Waals surface area contributed by atoms with Crippen molar-refractivity contribution in [3.8, 4) is 6.07 Å². The minimum atomic E-state index is -0.373. The summed E-state index contributed by atoms with van der Waals surface area (Å²) in [6.07, 6.45) is 3.43. The van der Waals surface area contributed by atoms with Crippen molar-refractivity contribution in [1.29, 1.82) is 5.26 Å². The van der Waals surface area contributed by atoms with E-state index in [-0.39, 0.29) is 11.4 Å². The molecule has 0 aliphatic carbocycles. The first-order chi connectivity index (χ1) is 7.78. The van der Waals surface area contributed by atoms with Crippen LogP contribution in [-0.2, 0) is 6.42 Å². The predicted octanol–water partition coefficient (Wildman–Crippen LogP) is 2.47. The Morgan fingerprint density at radius 3 is 3.12 bits per heavy atom. The van der Waals surface area contributed by atoms with E-state index in [0.717, 1.165) is 30.8 Å². The van der Waals surface area contributed by atoms with Crippen LogP contribution in [0.5, 0.6) is 0 Å². The van der Waals surface area contributed by atoms with Gasteiger partial charge in [0, 0.05) is 18.8 Å². The van der Waals surface area contributed by atoms with Crippen molar-refractivity contribution in [1.82, 2.24) is 0 Å². The number of nitrogens with zero attached hydrogens (tertiary/aromatic N) is 2. The van der Waals surface area contributed by atoms with Gasteiger partial charge in [-0.15, -0.1) is 0 Å². The summed E-state index contributed by atoms with van der Waals surface area (Å²) in [7, 11) is 0. The minimum Gasteiger partial charge on any atom is -0.371 e. The van der Waals surface area contributed by atoms with E-state index in [1.54, 1.807) is 12.1 Å². The van der Waals surface area contributed by atoms with Gasteiger partial charge < -0.3 is 4.90 Å². The largest absolute Gasteiger partial charge is 0.371 e. The maximum atomic E-state index is 13.5. The molecule has 0 saturated carbocycles. The van der Waals surface area contributed by atoms with E-state index in [1.165, 1.54) is 12.8 Å². The molecule has 0 amide bonds. The van der Waals surface area contributed by atoms with E-state index >= 15 is 0 Å². The quantitative estimate of drug-likeness (QED) is 0.666. The third-order valence-corrected chi connectivity index (χ3v) is 3.66. The van der Waals surface area contributed by atoms with E-state index in [9.17, 15) is 4.39 Å². The van der Waals surface area contributed by atoms with Crippen LogP contribution in [-0.4, -0.2) is 13.1 Å². The molecule has 0 aromatic heterocycles. The second kappa shape index (κ2) is 3.48. The molecule has 1 unspecified atom stereocenters. The number of hydrogen-bond acceptors (Lipinski definition) is 2. The zero-order valence-corrected chi connectivity index (χ0v) is 9.04. The Hall–Kier alpha value is -1.56. The maximum Gasteiger partial charge on any atom is 0.141 e. The summed E-state index contributed by atoms with van der Waals surface area (Å²) in [6, 6.07) is 5.19. The lowest BCUT2D eigenvalue weighted by molar-refractivity contribution is 0.395. The van der Waals surface area contributed by atoms with Crippen molar-refractivity contribution < 1.29 is 4.39 Å². The van der Waals surface area contributed by atoms with Crippen molar-refractivity contribution in [2.75, 3.05) is 18.0 Å². The summed E-state index contributed by atoms with van der Waals surface area (Å²) >= 11 is 0. The number of halogens is 1. The van der Waals surface area contributed by atoms with Crippen LogP contribution in [0.25, 0.3) is 0 Å². The van der Waals surface area contributed by atoms with Gasteiger partial charge in [0.05, 0.1) is 5.56 Å². The molecule has 2 bridgehead atoms. The first kappa shape index (κ1) is 9.65. The van der Waals surface area contributed by atoms with E-state index < -0.39 is 0 Å². The summed E-state index contributed by atoms with van der Waals surface area (Å²) in [6.45, 7) is 2.11. The summed E-state index contributed by atoms with van der Waals surface area (Å²) in [5, 5.41) is 8.84. The zero-order valence-electron chi connectivity index (χ0n) is 9.04. The fraction of sp³-hybridized carbons (Fsp3) is 0.462.